The Labute approximate surface area is 101 Å². The lowest BCUT2D eigenvalue weighted by Gasteiger charge is -2.06. The molecule has 0 bridgehead atoms. The Morgan fingerprint density at radius 2 is 2.06 bits per heavy atom. The van der Waals surface area contributed by atoms with E-state index in [0.717, 1.165) is 10.4 Å². The van der Waals surface area contributed by atoms with E-state index in [1.807, 2.05) is 13.0 Å². The van der Waals surface area contributed by atoms with Crippen molar-refractivity contribution in [3.63, 3.8) is 0 Å². The Balaban J connectivity index is 3.01. The van der Waals surface area contributed by atoms with Gasteiger partial charge in [-0.1, -0.05) is 11.8 Å². The Bertz CT molecular complexity index is 453. The van der Waals surface area contributed by atoms with E-state index in [-0.39, 0.29) is 11.4 Å². The van der Waals surface area contributed by atoms with Crippen molar-refractivity contribution in [1.82, 2.24) is 0 Å². The number of rotatable bonds is 1. The maximum atomic E-state index is 11.4. The monoisotopic (exact) mass is 236 g/mol. The number of carbonyl (C=O) groups is 1. The lowest BCUT2D eigenvalue weighted by molar-refractivity contribution is 0.0605. The highest BCUT2D eigenvalue weighted by Crippen LogP contribution is 2.22. The summed E-state index contributed by atoms with van der Waals surface area (Å²) in [7, 11) is 1.39. The average molecular weight is 236 g/mol. The van der Waals surface area contributed by atoms with Gasteiger partial charge in [-0.15, -0.1) is 11.3 Å². The van der Waals surface area contributed by atoms with Gasteiger partial charge in [-0.05, 0) is 39.3 Å². The first-order chi connectivity index (χ1) is 7.33. The second-order valence-corrected chi connectivity index (χ2v) is 5.67. The normalized spacial score (nSPS) is 10.6. The lowest BCUT2D eigenvalue weighted by Crippen LogP contribution is -1.99. The highest BCUT2D eigenvalue weighted by atomic mass is 32.1. The van der Waals surface area contributed by atoms with Crippen molar-refractivity contribution in [3.8, 4) is 11.8 Å². The second-order valence-electron chi connectivity index (χ2n) is 4.61. The van der Waals surface area contributed by atoms with Crippen molar-refractivity contribution < 1.29 is 9.53 Å². The molecule has 0 atom stereocenters. The molecule has 0 fully saturated rings. The average Bonchev–Trinajstić information content (AvgIpc) is 2.55. The maximum Gasteiger partial charge on any atom is 0.348 e. The van der Waals surface area contributed by atoms with Crippen molar-refractivity contribution in [1.29, 1.82) is 0 Å². The third-order valence-corrected chi connectivity index (χ3v) is 2.98. The zero-order valence-electron chi connectivity index (χ0n) is 10.3. The maximum absolute atomic E-state index is 11.4. The van der Waals surface area contributed by atoms with Crippen LogP contribution in [0.1, 0.15) is 40.9 Å². The number of hydrogen-bond donors (Lipinski definition) is 0. The van der Waals surface area contributed by atoms with Crippen molar-refractivity contribution in [2.45, 2.75) is 27.7 Å². The smallest absolute Gasteiger partial charge is 0.348 e. The van der Waals surface area contributed by atoms with Gasteiger partial charge in [-0.2, -0.15) is 0 Å². The van der Waals surface area contributed by atoms with Crippen LogP contribution in [0.5, 0.6) is 0 Å². The van der Waals surface area contributed by atoms with Gasteiger partial charge in [0.15, 0.2) is 0 Å². The number of carbonyl (C=O) groups excluding carboxylic acids is 1. The molecule has 0 spiro atoms. The first-order valence-electron chi connectivity index (χ1n) is 5.05. The molecular formula is C13H16O2S. The van der Waals surface area contributed by atoms with Crippen molar-refractivity contribution in [2.75, 3.05) is 7.11 Å². The Morgan fingerprint density at radius 1 is 1.44 bits per heavy atom. The zero-order valence-corrected chi connectivity index (χ0v) is 11.1. The minimum absolute atomic E-state index is 0.0245. The summed E-state index contributed by atoms with van der Waals surface area (Å²) in [6.07, 6.45) is 0. The Hall–Kier alpha value is -1.27. The summed E-state index contributed by atoms with van der Waals surface area (Å²) in [5.74, 6) is 5.94. The van der Waals surface area contributed by atoms with Crippen LogP contribution in [0.3, 0.4) is 0 Å². The highest BCUT2D eigenvalue weighted by molar-refractivity contribution is 7.14. The molecule has 0 aliphatic rings. The van der Waals surface area contributed by atoms with Crippen molar-refractivity contribution >= 4 is 17.3 Å². The molecule has 0 saturated heterocycles. The molecule has 0 saturated carbocycles. The van der Waals surface area contributed by atoms with Crippen LogP contribution in [0.4, 0.5) is 0 Å². The van der Waals surface area contributed by atoms with Gasteiger partial charge in [0.1, 0.15) is 4.88 Å². The minimum Gasteiger partial charge on any atom is -0.465 e. The van der Waals surface area contributed by atoms with Gasteiger partial charge in [-0.3, -0.25) is 0 Å². The predicted molar refractivity (Wildman–Crippen MR) is 66.7 cm³/mol. The SMILES string of the molecule is COC(=O)c1sc(C#CC(C)(C)C)cc1C. The second kappa shape index (κ2) is 4.71. The molecule has 1 heterocycles. The van der Waals surface area contributed by atoms with Gasteiger partial charge in [0.25, 0.3) is 0 Å². The summed E-state index contributed by atoms with van der Waals surface area (Å²) in [6, 6.07) is 1.93. The first-order valence-corrected chi connectivity index (χ1v) is 5.87. The third kappa shape index (κ3) is 3.39. The third-order valence-electron chi connectivity index (χ3n) is 1.85. The van der Waals surface area contributed by atoms with Crippen LogP contribution in [-0.4, -0.2) is 13.1 Å². The summed E-state index contributed by atoms with van der Waals surface area (Å²) < 4.78 is 4.70. The van der Waals surface area contributed by atoms with E-state index >= 15 is 0 Å². The van der Waals surface area contributed by atoms with Gasteiger partial charge in [0, 0.05) is 5.41 Å². The summed E-state index contributed by atoms with van der Waals surface area (Å²) in [5, 5.41) is 0. The van der Waals surface area contributed by atoms with E-state index < -0.39 is 0 Å². The first kappa shape index (κ1) is 12.8. The van der Waals surface area contributed by atoms with Gasteiger partial charge in [0.2, 0.25) is 0 Å². The Morgan fingerprint density at radius 3 is 2.56 bits per heavy atom. The fourth-order valence-electron chi connectivity index (χ4n) is 1.09. The van der Waals surface area contributed by atoms with Crippen LogP contribution in [0.15, 0.2) is 6.07 Å². The molecule has 0 radical (unpaired) electrons. The predicted octanol–water partition coefficient (Wildman–Crippen LogP) is 3.24. The van der Waals surface area contributed by atoms with Gasteiger partial charge in [0.05, 0.1) is 12.0 Å². The van der Waals surface area contributed by atoms with E-state index in [9.17, 15) is 4.79 Å². The number of esters is 1. The number of ether oxygens (including phenoxy) is 1. The molecule has 1 aromatic heterocycles. The molecule has 0 aromatic carbocycles. The molecule has 0 unspecified atom stereocenters. The van der Waals surface area contributed by atoms with E-state index in [1.54, 1.807) is 0 Å². The van der Waals surface area contributed by atoms with Gasteiger partial charge >= 0.3 is 5.97 Å². The molecule has 0 aliphatic carbocycles. The lowest BCUT2D eigenvalue weighted by atomic mass is 9.98. The van der Waals surface area contributed by atoms with Crippen molar-refractivity contribution in [3.05, 3.63) is 21.4 Å². The molecule has 2 nitrogen and oxygen atoms in total. The number of hydrogen-bond acceptors (Lipinski definition) is 3. The standard InChI is InChI=1S/C13H16O2S/c1-9-8-10(6-7-13(2,3)4)16-11(9)12(14)15-5/h8H,1-5H3. The molecule has 0 amide bonds. The molecule has 1 aromatic rings. The van der Waals surface area contributed by atoms with Gasteiger partial charge < -0.3 is 4.74 Å². The molecule has 0 aliphatic heterocycles. The van der Waals surface area contributed by atoms with E-state index in [0.29, 0.717) is 4.88 Å². The van der Waals surface area contributed by atoms with Crippen LogP contribution in [-0.2, 0) is 4.74 Å². The van der Waals surface area contributed by atoms with E-state index in [1.165, 1.54) is 18.4 Å². The summed E-state index contributed by atoms with van der Waals surface area (Å²) in [4.78, 5) is 12.9. The minimum atomic E-state index is -0.286. The van der Waals surface area contributed by atoms with E-state index in [4.69, 9.17) is 4.74 Å². The molecule has 1 rings (SSSR count). The summed E-state index contributed by atoms with van der Waals surface area (Å²) in [6.45, 7) is 8.07. The van der Waals surface area contributed by atoms with Crippen LogP contribution in [0.25, 0.3) is 0 Å². The highest BCUT2D eigenvalue weighted by Gasteiger charge is 2.13. The molecular weight excluding hydrogens is 220 g/mol. The number of aryl methyl sites for hydroxylation is 1. The van der Waals surface area contributed by atoms with Gasteiger partial charge in [-0.25, -0.2) is 4.79 Å². The fourth-order valence-corrected chi connectivity index (χ4v) is 2.03. The quantitative estimate of drug-likeness (QED) is 0.552. The van der Waals surface area contributed by atoms with E-state index in [2.05, 4.69) is 32.6 Å². The molecule has 0 N–H and O–H groups in total. The zero-order chi connectivity index (χ0) is 12.3. The number of methoxy groups -OCH3 is 1. The van der Waals surface area contributed by atoms with Crippen LogP contribution >= 0.6 is 11.3 Å². The Kier molecular flexibility index (Phi) is 3.77. The molecule has 86 valence electrons. The van der Waals surface area contributed by atoms with Crippen LogP contribution in [0.2, 0.25) is 0 Å². The topological polar surface area (TPSA) is 26.3 Å². The summed E-state index contributed by atoms with van der Waals surface area (Å²) >= 11 is 1.38. The molecule has 16 heavy (non-hydrogen) atoms. The largest absolute Gasteiger partial charge is 0.465 e. The summed E-state index contributed by atoms with van der Waals surface area (Å²) in [5.41, 5.74) is 0.901. The van der Waals surface area contributed by atoms with Crippen molar-refractivity contribution in [2.24, 2.45) is 5.41 Å². The van der Waals surface area contributed by atoms with Crippen LogP contribution in [0, 0.1) is 24.2 Å². The molecule has 3 heteroatoms. The fraction of sp³-hybridized carbons (Fsp3) is 0.462. The number of thiophene rings is 1. The van der Waals surface area contributed by atoms with Crippen LogP contribution < -0.4 is 0 Å².